The van der Waals surface area contributed by atoms with E-state index in [9.17, 15) is 10.2 Å². The SMILES string of the molecule is OC(c1ccccc1)(c1ccccc1)C(O)(c1ccccc1)c1cccc(Cl)c1Cl. The number of aliphatic hydroxyl groups is 2. The maximum absolute atomic E-state index is 12.5. The number of halogens is 2. The second-order valence-corrected chi connectivity index (χ2v) is 7.91. The Morgan fingerprint density at radius 1 is 0.467 bits per heavy atom. The lowest BCUT2D eigenvalue weighted by molar-refractivity contribution is -0.113. The highest BCUT2D eigenvalue weighted by Gasteiger charge is 2.55. The molecule has 0 spiro atoms. The summed E-state index contributed by atoms with van der Waals surface area (Å²) >= 11 is 12.9. The van der Waals surface area contributed by atoms with Gasteiger partial charge in [-0.1, -0.05) is 126 Å². The van der Waals surface area contributed by atoms with Crippen molar-refractivity contribution in [3.05, 3.63) is 141 Å². The number of hydrogen-bond acceptors (Lipinski definition) is 2. The van der Waals surface area contributed by atoms with E-state index in [1.807, 2.05) is 54.6 Å². The van der Waals surface area contributed by atoms with Crippen molar-refractivity contribution >= 4 is 23.2 Å². The number of benzene rings is 4. The molecule has 2 N–H and O–H groups in total. The average molecular weight is 435 g/mol. The molecule has 2 nitrogen and oxygen atoms in total. The van der Waals surface area contributed by atoms with Crippen LogP contribution in [0.3, 0.4) is 0 Å². The molecule has 0 saturated carbocycles. The Labute approximate surface area is 186 Å². The Morgan fingerprint density at radius 2 is 0.867 bits per heavy atom. The highest BCUT2D eigenvalue weighted by molar-refractivity contribution is 6.42. The fourth-order valence-corrected chi connectivity index (χ4v) is 4.40. The molecule has 0 radical (unpaired) electrons. The molecule has 0 saturated heterocycles. The molecule has 1 unspecified atom stereocenters. The van der Waals surface area contributed by atoms with Crippen molar-refractivity contribution in [2.24, 2.45) is 0 Å². The first-order chi connectivity index (χ1) is 14.5. The van der Waals surface area contributed by atoms with Crippen LogP contribution < -0.4 is 0 Å². The molecule has 4 aromatic rings. The van der Waals surface area contributed by atoms with Crippen LogP contribution in [0.2, 0.25) is 10.0 Å². The van der Waals surface area contributed by atoms with E-state index in [1.54, 1.807) is 54.6 Å². The van der Waals surface area contributed by atoms with Crippen LogP contribution in [-0.2, 0) is 11.2 Å². The molecule has 0 aromatic heterocycles. The minimum atomic E-state index is -1.93. The Bertz CT molecular complexity index is 1090. The maximum atomic E-state index is 12.5. The Hall–Kier alpha value is -2.62. The molecule has 150 valence electrons. The molecular weight excluding hydrogens is 415 g/mol. The Balaban J connectivity index is 2.14. The third-order valence-corrected chi connectivity index (χ3v) is 6.26. The quantitative estimate of drug-likeness (QED) is 0.394. The lowest BCUT2D eigenvalue weighted by Crippen LogP contribution is -2.51. The van der Waals surface area contributed by atoms with Crippen LogP contribution >= 0.6 is 23.2 Å². The van der Waals surface area contributed by atoms with Gasteiger partial charge < -0.3 is 10.2 Å². The first-order valence-corrected chi connectivity index (χ1v) is 10.3. The van der Waals surface area contributed by atoms with E-state index in [-0.39, 0.29) is 5.02 Å². The van der Waals surface area contributed by atoms with Crippen LogP contribution in [0.1, 0.15) is 22.3 Å². The predicted octanol–water partition coefficient (Wildman–Crippen LogP) is 6.17. The first kappa shape index (κ1) is 20.6. The minimum Gasteiger partial charge on any atom is -0.377 e. The summed E-state index contributed by atoms with van der Waals surface area (Å²) in [5.74, 6) is 0. The lowest BCUT2D eigenvalue weighted by atomic mass is 9.66. The van der Waals surface area contributed by atoms with Crippen LogP contribution in [0.4, 0.5) is 0 Å². The average Bonchev–Trinajstić information content (AvgIpc) is 2.81. The summed E-state index contributed by atoms with van der Waals surface area (Å²) in [5, 5.41) is 25.4. The minimum absolute atomic E-state index is 0.191. The molecular formula is C26H20Cl2O2. The van der Waals surface area contributed by atoms with Crippen molar-refractivity contribution < 1.29 is 10.2 Å². The maximum Gasteiger partial charge on any atom is 0.153 e. The molecule has 0 amide bonds. The molecule has 0 fully saturated rings. The third kappa shape index (κ3) is 3.23. The molecule has 4 heteroatoms. The molecule has 0 aliphatic carbocycles. The van der Waals surface area contributed by atoms with Gasteiger partial charge in [0.25, 0.3) is 0 Å². The monoisotopic (exact) mass is 434 g/mol. The van der Waals surface area contributed by atoms with Crippen molar-refractivity contribution in [1.82, 2.24) is 0 Å². The zero-order valence-corrected chi connectivity index (χ0v) is 17.6. The van der Waals surface area contributed by atoms with E-state index in [0.717, 1.165) is 0 Å². The van der Waals surface area contributed by atoms with E-state index in [0.29, 0.717) is 27.3 Å². The van der Waals surface area contributed by atoms with E-state index in [1.165, 1.54) is 0 Å². The van der Waals surface area contributed by atoms with Crippen LogP contribution in [0.15, 0.2) is 109 Å². The van der Waals surface area contributed by atoms with Crippen LogP contribution in [0, 0.1) is 0 Å². The highest BCUT2D eigenvalue weighted by atomic mass is 35.5. The van der Waals surface area contributed by atoms with Crippen LogP contribution in [0.25, 0.3) is 0 Å². The van der Waals surface area contributed by atoms with Crippen molar-refractivity contribution in [3.63, 3.8) is 0 Å². The molecule has 4 rings (SSSR count). The van der Waals surface area contributed by atoms with Gasteiger partial charge in [0.1, 0.15) is 0 Å². The van der Waals surface area contributed by atoms with Gasteiger partial charge in [-0.2, -0.15) is 0 Å². The fourth-order valence-electron chi connectivity index (χ4n) is 3.97. The Morgan fingerprint density at radius 3 is 1.30 bits per heavy atom. The molecule has 0 aliphatic heterocycles. The highest BCUT2D eigenvalue weighted by Crippen LogP contribution is 2.51. The normalized spacial score (nSPS) is 13.6. The van der Waals surface area contributed by atoms with Gasteiger partial charge in [0.2, 0.25) is 0 Å². The van der Waals surface area contributed by atoms with E-state index in [4.69, 9.17) is 23.2 Å². The standard InChI is InChI=1S/C26H20Cl2O2/c27-23-18-10-17-22(24(23)28)26(30,21-15-8-3-9-16-21)25(29,19-11-4-1-5-12-19)20-13-6-2-7-14-20/h1-18,29-30H. The smallest absolute Gasteiger partial charge is 0.153 e. The number of hydrogen-bond donors (Lipinski definition) is 2. The van der Waals surface area contributed by atoms with Gasteiger partial charge in [0, 0.05) is 5.56 Å². The summed E-state index contributed by atoms with van der Waals surface area (Å²) in [6.07, 6.45) is 0. The van der Waals surface area contributed by atoms with E-state index >= 15 is 0 Å². The molecule has 0 bridgehead atoms. The summed E-state index contributed by atoms with van der Waals surface area (Å²) < 4.78 is 0. The molecule has 0 aliphatic rings. The summed E-state index contributed by atoms with van der Waals surface area (Å²) in [4.78, 5) is 0. The molecule has 4 aromatic carbocycles. The van der Waals surface area contributed by atoms with Gasteiger partial charge in [-0.05, 0) is 22.8 Å². The topological polar surface area (TPSA) is 40.5 Å². The van der Waals surface area contributed by atoms with Gasteiger partial charge in [0.15, 0.2) is 11.2 Å². The van der Waals surface area contributed by atoms with Gasteiger partial charge >= 0.3 is 0 Å². The van der Waals surface area contributed by atoms with Crippen LogP contribution in [0.5, 0.6) is 0 Å². The second-order valence-electron chi connectivity index (χ2n) is 7.12. The lowest BCUT2D eigenvalue weighted by Gasteiger charge is -2.45. The van der Waals surface area contributed by atoms with Crippen molar-refractivity contribution in [2.45, 2.75) is 11.2 Å². The third-order valence-electron chi connectivity index (χ3n) is 5.44. The largest absolute Gasteiger partial charge is 0.377 e. The zero-order valence-electron chi connectivity index (χ0n) is 16.0. The predicted molar refractivity (Wildman–Crippen MR) is 122 cm³/mol. The van der Waals surface area contributed by atoms with Crippen molar-refractivity contribution in [2.75, 3.05) is 0 Å². The molecule has 1 atom stereocenters. The van der Waals surface area contributed by atoms with Crippen molar-refractivity contribution in [1.29, 1.82) is 0 Å². The van der Waals surface area contributed by atoms with E-state index < -0.39 is 11.2 Å². The summed E-state index contributed by atoms with van der Waals surface area (Å²) in [6, 6.07) is 32.3. The van der Waals surface area contributed by atoms with Crippen LogP contribution in [-0.4, -0.2) is 10.2 Å². The number of rotatable bonds is 5. The fraction of sp³-hybridized carbons (Fsp3) is 0.0769. The summed E-state index contributed by atoms with van der Waals surface area (Å²) in [6.45, 7) is 0. The summed E-state index contributed by atoms with van der Waals surface area (Å²) in [5.41, 5.74) is -1.93. The van der Waals surface area contributed by atoms with Gasteiger partial charge in [-0.3, -0.25) is 0 Å². The van der Waals surface area contributed by atoms with Crippen molar-refractivity contribution in [3.8, 4) is 0 Å². The first-order valence-electron chi connectivity index (χ1n) is 9.55. The summed E-state index contributed by atoms with van der Waals surface area (Å²) in [7, 11) is 0. The zero-order chi connectivity index (χ0) is 21.2. The van der Waals surface area contributed by atoms with E-state index in [2.05, 4.69) is 0 Å². The molecule has 30 heavy (non-hydrogen) atoms. The second kappa shape index (κ2) is 8.25. The van der Waals surface area contributed by atoms with Gasteiger partial charge in [-0.15, -0.1) is 0 Å². The van der Waals surface area contributed by atoms with Gasteiger partial charge in [0.05, 0.1) is 10.0 Å². The molecule has 0 heterocycles. The Kier molecular flexibility index (Phi) is 5.68. The van der Waals surface area contributed by atoms with Gasteiger partial charge in [-0.25, -0.2) is 0 Å².